The summed E-state index contributed by atoms with van der Waals surface area (Å²) in [5.41, 5.74) is 2.12. The molecule has 0 spiro atoms. The van der Waals surface area contributed by atoms with Crippen molar-refractivity contribution in [1.82, 2.24) is 0 Å². The summed E-state index contributed by atoms with van der Waals surface area (Å²) in [5, 5.41) is 4.59. The monoisotopic (exact) mass is 220 g/mol. The van der Waals surface area contributed by atoms with Crippen LogP contribution in [0.25, 0.3) is 0 Å². The Morgan fingerprint density at radius 3 is 2.00 bits per heavy atom. The van der Waals surface area contributed by atoms with E-state index in [0.29, 0.717) is 0 Å². The van der Waals surface area contributed by atoms with Gasteiger partial charge in [0.15, 0.2) is 6.17 Å². The molecule has 0 unspecified atom stereocenters. The average molecular weight is 220 g/mol. The maximum Gasteiger partial charge on any atom is 0.185 e. The molecule has 1 aromatic carbocycles. The van der Waals surface area contributed by atoms with Gasteiger partial charge in [0.25, 0.3) is 0 Å². The summed E-state index contributed by atoms with van der Waals surface area (Å²) in [7, 11) is 0. The number of rotatable bonds is 3. The van der Waals surface area contributed by atoms with Crippen LogP contribution in [0.5, 0.6) is 0 Å². The lowest BCUT2D eigenvalue weighted by Gasteiger charge is -2.04. The minimum atomic E-state index is -0.398. The molecule has 0 aromatic heterocycles. The van der Waals surface area contributed by atoms with E-state index in [-0.39, 0.29) is 0 Å². The quantitative estimate of drug-likeness (QED) is 0.577. The highest BCUT2D eigenvalue weighted by Gasteiger charge is 2.05. The summed E-state index contributed by atoms with van der Waals surface area (Å²) in [6.07, 6.45) is -0.398. The van der Waals surface area contributed by atoms with Gasteiger partial charge < -0.3 is 0 Å². The molecule has 0 N–H and O–H groups in total. The molecule has 2 nitrogen and oxygen atoms in total. The smallest absolute Gasteiger partial charge is 0.185 e. The maximum absolute atomic E-state index is 4.53. The number of hydrogen-bond acceptors (Lipinski definition) is 4. The number of aliphatic imine (C=N–C) groups is 2. The Morgan fingerprint density at radius 2 is 1.57 bits per heavy atom. The highest BCUT2D eigenvalue weighted by Crippen LogP contribution is 2.18. The third kappa shape index (κ3) is 2.95. The van der Waals surface area contributed by atoms with Gasteiger partial charge in [-0.25, -0.2) is 0 Å². The van der Waals surface area contributed by atoms with E-state index in [0.717, 1.165) is 5.56 Å². The van der Waals surface area contributed by atoms with Gasteiger partial charge in [-0.05, 0) is 36.9 Å². The molecule has 0 radical (unpaired) electrons. The van der Waals surface area contributed by atoms with Crippen LogP contribution < -0.4 is 0 Å². The van der Waals surface area contributed by atoms with Crippen molar-refractivity contribution in [1.29, 1.82) is 0 Å². The summed E-state index contributed by atoms with van der Waals surface area (Å²) in [6.45, 7) is 2.02. The zero-order valence-corrected chi connectivity index (χ0v) is 9.23. The number of hydrogen-bond donors (Lipinski definition) is 0. The molecule has 0 saturated carbocycles. The van der Waals surface area contributed by atoms with E-state index in [9.17, 15) is 0 Å². The van der Waals surface area contributed by atoms with E-state index in [1.807, 2.05) is 31.2 Å². The molecule has 0 bridgehead atoms. The minimum absolute atomic E-state index is 0.398. The zero-order chi connectivity index (χ0) is 10.4. The summed E-state index contributed by atoms with van der Waals surface area (Å²) >= 11 is 9.06. The van der Waals surface area contributed by atoms with E-state index in [4.69, 9.17) is 0 Å². The fourth-order valence-electron chi connectivity index (χ4n) is 1.02. The summed E-state index contributed by atoms with van der Waals surface area (Å²) < 4.78 is 0. The SMILES string of the molecule is Cc1ccc(C(N=C=S)N=C=S)cc1. The summed E-state index contributed by atoms with van der Waals surface area (Å²) in [5.74, 6) is 0. The van der Waals surface area contributed by atoms with Crippen LogP contribution in [0.15, 0.2) is 34.3 Å². The van der Waals surface area contributed by atoms with Crippen molar-refractivity contribution in [2.45, 2.75) is 13.1 Å². The molecule has 1 rings (SSSR count). The van der Waals surface area contributed by atoms with Crippen molar-refractivity contribution in [3.8, 4) is 0 Å². The third-order valence-corrected chi connectivity index (χ3v) is 1.94. The first-order valence-electron chi connectivity index (χ1n) is 3.98. The second kappa shape index (κ2) is 5.53. The van der Waals surface area contributed by atoms with Crippen molar-refractivity contribution in [2.75, 3.05) is 0 Å². The van der Waals surface area contributed by atoms with Gasteiger partial charge in [-0.3, -0.25) is 0 Å². The molecule has 1 aromatic rings. The van der Waals surface area contributed by atoms with Crippen LogP contribution in [0, 0.1) is 6.92 Å². The molecule has 0 aliphatic heterocycles. The van der Waals surface area contributed by atoms with Crippen LogP contribution in [-0.2, 0) is 0 Å². The number of isothiocyanates is 2. The van der Waals surface area contributed by atoms with Crippen LogP contribution in [0.4, 0.5) is 0 Å². The molecule has 14 heavy (non-hydrogen) atoms. The Balaban J connectivity index is 3.04. The normalized spacial score (nSPS) is 10.9. The lowest BCUT2D eigenvalue weighted by molar-refractivity contribution is 0.792. The Bertz CT molecular complexity index is 381. The van der Waals surface area contributed by atoms with E-state index in [2.05, 4.69) is 44.7 Å². The van der Waals surface area contributed by atoms with E-state index in [1.54, 1.807) is 0 Å². The van der Waals surface area contributed by atoms with Gasteiger partial charge in [0.05, 0.1) is 10.3 Å². The highest BCUT2D eigenvalue weighted by atomic mass is 32.1. The topological polar surface area (TPSA) is 24.7 Å². The molecule has 0 fully saturated rings. The fraction of sp³-hybridized carbons (Fsp3) is 0.200. The molecule has 70 valence electrons. The van der Waals surface area contributed by atoms with Crippen molar-refractivity contribution in [3.05, 3.63) is 35.4 Å². The molecular weight excluding hydrogens is 212 g/mol. The van der Waals surface area contributed by atoms with Crippen LogP contribution >= 0.6 is 24.4 Å². The van der Waals surface area contributed by atoms with E-state index in [1.165, 1.54) is 5.56 Å². The molecule has 0 heterocycles. The first-order chi connectivity index (χ1) is 6.77. The largest absolute Gasteiger partial charge is 0.199 e. The molecule has 0 atom stereocenters. The predicted molar refractivity (Wildman–Crippen MR) is 64.0 cm³/mol. The first-order valence-corrected chi connectivity index (χ1v) is 4.80. The van der Waals surface area contributed by atoms with Crippen molar-refractivity contribution in [3.63, 3.8) is 0 Å². The van der Waals surface area contributed by atoms with Crippen LogP contribution in [0.2, 0.25) is 0 Å². The zero-order valence-electron chi connectivity index (χ0n) is 7.60. The van der Waals surface area contributed by atoms with E-state index < -0.39 is 6.17 Å². The number of nitrogens with zero attached hydrogens (tertiary/aromatic N) is 2. The van der Waals surface area contributed by atoms with Gasteiger partial charge in [0.1, 0.15) is 0 Å². The van der Waals surface area contributed by atoms with Gasteiger partial charge in [0.2, 0.25) is 0 Å². The Kier molecular flexibility index (Phi) is 4.30. The van der Waals surface area contributed by atoms with E-state index >= 15 is 0 Å². The predicted octanol–water partition coefficient (Wildman–Crippen LogP) is 3.20. The van der Waals surface area contributed by atoms with Crippen LogP contribution in [0.1, 0.15) is 17.3 Å². The Hall–Kier alpha value is -1.18. The second-order valence-electron chi connectivity index (χ2n) is 2.73. The number of benzene rings is 1. The lowest BCUT2D eigenvalue weighted by Crippen LogP contribution is -1.90. The average Bonchev–Trinajstić information content (AvgIpc) is 2.19. The van der Waals surface area contributed by atoms with Gasteiger partial charge in [-0.2, -0.15) is 9.98 Å². The van der Waals surface area contributed by atoms with Crippen molar-refractivity contribution < 1.29 is 0 Å². The number of thiocarbonyl (C=S) groups is 2. The van der Waals surface area contributed by atoms with Crippen molar-refractivity contribution in [2.24, 2.45) is 9.98 Å². The minimum Gasteiger partial charge on any atom is -0.199 e. The molecule has 0 aliphatic carbocycles. The molecular formula is C10H8N2S2. The van der Waals surface area contributed by atoms with Gasteiger partial charge in [-0.15, -0.1) is 0 Å². The Morgan fingerprint density at radius 1 is 1.07 bits per heavy atom. The van der Waals surface area contributed by atoms with Gasteiger partial charge in [-0.1, -0.05) is 29.8 Å². The summed E-state index contributed by atoms with van der Waals surface area (Å²) in [6, 6.07) is 7.85. The van der Waals surface area contributed by atoms with Gasteiger partial charge in [0, 0.05) is 0 Å². The molecule has 0 aliphatic rings. The third-order valence-electron chi connectivity index (χ3n) is 1.73. The fourth-order valence-corrected chi connectivity index (χ4v) is 1.22. The standard InChI is InChI=1S/C10H8N2S2/c1-8-2-4-9(5-3-8)10(11-6-13)12-7-14/h2-5,10H,1H3. The highest BCUT2D eigenvalue weighted by molar-refractivity contribution is 7.78. The first kappa shape index (κ1) is 10.9. The second-order valence-corrected chi connectivity index (χ2v) is 3.09. The molecule has 4 heteroatoms. The number of aryl methyl sites for hydroxylation is 1. The summed E-state index contributed by atoms with van der Waals surface area (Å²) in [4.78, 5) is 7.77. The van der Waals surface area contributed by atoms with Gasteiger partial charge >= 0.3 is 0 Å². The maximum atomic E-state index is 4.53. The Labute approximate surface area is 93.4 Å². The van der Waals surface area contributed by atoms with Crippen LogP contribution in [-0.4, -0.2) is 10.3 Å². The molecule has 0 saturated heterocycles. The van der Waals surface area contributed by atoms with Crippen molar-refractivity contribution >= 4 is 34.8 Å². The lowest BCUT2D eigenvalue weighted by atomic mass is 10.1. The van der Waals surface area contributed by atoms with Crippen LogP contribution in [0.3, 0.4) is 0 Å². The molecule has 0 amide bonds.